The number of terminal acetylenes is 1. The third-order valence-corrected chi connectivity index (χ3v) is 3.08. The van der Waals surface area contributed by atoms with Gasteiger partial charge in [0.1, 0.15) is 0 Å². The van der Waals surface area contributed by atoms with Gasteiger partial charge in [-0.25, -0.2) is 0 Å². The zero-order valence-corrected chi connectivity index (χ0v) is 11.7. The van der Waals surface area contributed by atoms with Gasteiger partial charge in [0, 0.05) is 17.9 Å². The molecule has 1 aromatic carbocycles. The Hall–Kier alpha value is -2.01. The average Bonchev–Trinajstić information content (AvgIpc) is 2.39. The number of carbonyl (C=O) groups excluding carboxylic acids is 1. The fraction of sp³-hybridized carbons (Fsp3) is 0.308. The molecule has 1 aromatic rings. The van der Waals surface area contributed by atoms with Crippen molar-refractivity contribution in [1.82, 2.24) is 5.32 Å². The highest BCUT2D eigenvalue weighted by Gasteiger charge is 2.32. The minimum absolute atomic E-state index is 0.156. The maximum Gasteiger partial charge on any atom is 0.573 e. The molecule has 0 saturated carbocycles. The number of carbonyl (C=O) groups is 1. The van der Waals surface area contributed by atoms with E-state index in [9.17, 15) is 18.0 Å². The van der Waals surface area contributed by atoms with E-state index in [0.29, 0.717) is 18.1 Å². The van der Waals surface area contributed by atoms with Crippen molar-refractivity contribution in [3.05, 3.63) is 23.8 Å². The first-order valence-corrected chi connectivity index (χ1v) is 6.93. The standard InChI is InChI=1S/C13H13F3N2O2S/c1-2-6-21-7-5-18-12(19)9-3-4-11(10(17)8-9)20-13(14,15)16/h1,3-4,8H,5-7,17H2,(H,18,19). The molecule has 0 heterocycles. The number of anilines is 1. The van der Waals surface area contributed by atoms with Crippen LogP contribution in [0.2, 0.25) is 0 Å². The van der Waals surface area contributed by atoms with Crippen molar-refractivity contribution in [1.29, 1.82) is 0 Å². The van der Waals surface area contributed by atoms with Crippen molar-refractivity contribution in [2.24, 2.45) is 0 Å². The number of alkyl halides is 3. The van der Waals surface area contributed by atoms with Crippen LogP contribution in [-0.4, -0.2) is 30.3 Å². The molecular weight excluding hydrogens is 305 g/mol. The van der Waals surface area contributed by atoms with Crippen molar-refractivity contribution < 1.29 is 22.7 Å². The van der Waals surface area contributed by atoms with E-state index < -0.39 is 18.0 Å². The predicted molar refractivity (Wildman–Crippen MR) is 76.0 cm³/mol. The molecule has 0 fully saturated rings. The Morgan fingerprint density at radius 1 is 1.48 bits per heavy atom. The summed E-state index contributed by atoms with van der Waals surface area (Å²) in [4.78, 5) is 11.7. The molecule has 1 rings (SSSR count). The summed E-state index contributed by atoms with van der Waals surface area (Å²) in [6, 6.07) is 3.34. The Labute approximate surface area is 124 Å². The van der Waals surface area contributed by atoms with E-state index in [1.807, 2.05) is 0 Å². The molecule has 21 heavy (non-hydrogen) atoms. The van der Waals surface area contributed by atoms with Crippen molar-refractivity contribution in [3.63, 3.8) is 0 Å². The maximum absolute atomic E-state index is 12.1. The van der Waals surface area contributed by atoms with Gasteiger partial charge in [0.05, 0.1) is 11.4 Å². The average molecular weight is 318 g/mol. The van der Waals surface area contributed by atoms with E-state index >= 15 is 0 Å². The Morgan fingerprint density at radius 2 is 2.19 bits per heavy atom. The monoisotopic (exact) mass is 318 g/mol. The second-order valence-electron chi connectivity index (χ2n) is 3.81. The number of thioether (sulfide) groups is 1. The van der Waals surface area contributed by atoms with E-state index in [1.54, 1.807) is 0 Å². The van der Waals surface area contributed by atoms with Crippen LogP contribution in [0.3, 0.4) is 0 Å². The molecule has 0 aliphatic carbocycles. The molecule has 0 radical (unpaired) electrons. The molecule has 0 aromatic heterocycles. The minimum Gasteiger partial charge on any atom is -0.404 e. The Morgan fingerprint density at radius 3 is 2.76 bits per heavy atom. The number of halogens is 3. The van der Waals surface area contributed by atoms with E-state index in [4.69, 9.17) is 12.2 Å². The van der Waals surface area contributed by atoms with Crippen LogP contribution in [0.15, 0.2) is 18.2 Å². The first kappa shape index (κ1) is 17.0. The summed E-state index contributed by atoms with van der Waals surface area (Å²) in [6.07, 6.45) is 0.245. The molecule has 114 valence electrons. The summed E-state index contributed by atoms with van der Waals surface area (Å²) < 4.78 is 39.9. The Bertz CT molecular complexity index is 541. The van der Waals surface area contributed by atoms with Crippen molar-refractivity contribution >= 4 is 23.4 Å². The van der Waals surface area contributed by atoms with Crippen LogP contribution in [0.25, 0.3) is 0 Å². The SMILES string of the molecule is C#CCSCCNC(=O)c1ccc(OC(F)(F)F)c(N)c1. The summed E-state index contributed by atoms with van der Waals surface area (Å²) in [7, 11) is 0. The van der Waals surface area contributed by atoms with E-state index in [-0.39, 0.29) is 11.3 Å². The highest BCUT2D eigenvalue weighted by atomic mass is 32.2. The second-order valence-corrected chi connectivity index (χ2v) is 4.92. The number of benzene rings is 1. The van der Waals surface area contributed by atoms with Crippen LogP contribution in [0, 0.1) is 12.3 Å². The molecule has 0 saturated heterocycles. The van der Waals surface area contributed by atoms with Crippen molar-refractivity contribution in [2.75, 3.05) is 23.8 Å². The number of nitrogens with one attached hydrogen (secondary N) is 1. The highest BCUT2D eigenvalue weighted by Crippen LogP contribution is 2.28. The van der Waals surface area contributed by atoms with E-state index in [0.717, 1.165) is 12.1 Å². The smallest absolute Gasteiger partial charge is 0.404 e. The summed E-state index contributed by atoms with van der Waals surface area (Å²) in [5.41, 5.74) is 5.32. The number of hydrogen-bond acceptors (Lipinski definition) is 4. The van der Waals surface area contributed by atoms with Gasteiger partial charge in [0.2, 0.25) is 0 Å². The summed E-state index contributed by atoms with van der Waals surface area (Å²) in [5.74, 6) is 2.67. The topological polar surface area (TPSA) is 64.3 Å². The molecule has 0 bridgehead atoms. The molecule has 1 amide bonds. The number of nitrogens with two attached hydrogens (primary N) is 1. The zero-order valence-electron chi connectivity index (χ0n) is 10.9. The lowest BCUT2D eigenvalue weighted by atomic mass is 10.2. The van der Waals surface area contributed by atoms with Gasteiger partial charge in [0.25, 0.3) is 5.91 Å². The first-order chi connectivity index (χ1) is 9.83. The van der Waals surface area contributed by atoms with Gasteiger partial charge in [-0.05, 0) is 18.2 Å². The van der Waals surface area contributed by atoms with Crippen LogP contribution >= 0.6 is 11.8 Å². The van der Waals surface area contributed by atoms with Gasteiger partial charge in [-0.3, -0.25) is 4.79 Å². The van der Waals surface area contributed by atoms with Gasteiger partial charge >= 0.3 is 6.36 Å². The lowest BCUT2D eigenvalue weighted by Crippen LogP contribution is -2.26. The Balaban J connectivity index is 2.58. The normalized spacial score (nSPS) is 10.8. The third kappa shape index (κ3) is 6.31. The predicted octanol–water partition coefficient (Wildman–Crippen LogP) is 2.26. The zero-order chi connectivity index (χ0) is 15.9. The second kappa shape index (κ2) is 7.69. The first-order valence-electron chi connectivity index (χ1n) is 5.78. The molecule has 3 N–H and O–H groups in total. The van der Waals surface area contributed by atoms with Crippen LogP contribution < -0.4 is 15.8 Å². The largest absolute Gasteiger partial charge is 0.573 e. The van der Waals surface area contributed by atoms with Gasteiger partial charge in [-0.15, -0.1) is 31.4 Å². The van der Waals surface area contributed by atoms with Gasteiger partial charge in [-0.1, -0.05) is 5.92 Å². The molecular formula is C13H13F3N2O2S. The fourth-order valence-corrected chi connectivity index (χ4v) is 1.89. The van der Waals surface area contributed by atoms with Gasteiger partial charge < -0.3 is 15.8 Å². The maximum atomic E-state index is 12.1. The third-order valence-electron chi connectivity index (χ3n) is 2.22. The number of nitrogen functional groups attached to an aromatic ring is 1. The Kier molecular flexibility index (Phi) is 6.24. The van der Waals surface area contributed by atoms with Crippen LogP contribution in [0.1, 0.15) is 10.4 Å². The number of amides is 1. The molecule has 0 aliphatic heterocycles. The fourth-order valence-electron chi connectivity index (χ4n) is 1.38. The quantitative estimate of drug-likeness (QED) is 0.480. The number of rotatable bonds is 6. The van der Waals surface area contributed by atoms with Crippen LogP contribution in [0.4, 0.5) is 18.9 Å². The summed E-state index contributed by atoms with van der Waals surface area (Å²) in [5, 5.41) is 2.61. The lowest BCUT2D eigenvalue weighted by molar-refractivity contribution is -0.274. The van der Waals surface area contributed by atoms with Crippen molar-refractivity contribution in [3.8, 4) is 18.1 Å². The molecule has 4 nitrogen and oxygen atoms in total. The molecule has 0 unspecified atom stereocenters. The minimum atomic E-state index is -4.83. The number of ether oxygens (including phenoxy) is 1. The van der Waals surface area contributed by atoms with Crippen molar-refractivity contribution in [2.45, 2.75) is 6.36 Å². The number of hydrogen-bond donors (Lipinski definition) is 2. The van der Waals surface area contributed by atoms with E-state index in [1.165, 1.54) is 17.8 Å². The summed E-state index contributed by atoms with van der Waals surface area (Å²) >= 11 is 1.48. The van der Waals surface area contributed by atoms with Crippen LogP contribution in [-0.2, 0) is 0 Å². The molecule has 0 atom stereocenters. The van der Waals surface area contributed by atoms with E-state index in [2.05, 4.69) is 16.0 Å². The van der Waals surface area contributed by atoms with Gasteiger partial charge in [0.15, 0.2) is 5.75 Å². The molecule has 0 spiro atoms. The molecule has 8 heteroatoms. The molecule has 0 aliphatic rings. The highest BCUT2D eigenvalue weighted by molar-refractivity contribution is 7.99. The lowest BCUT2D eigenvalue weighted by Gasteiger charge is -2.12. The summed E-state index contributed by atoms with van der Waals surface area (Å²) in [6.45, 7) is 0.395. The van der Waals surface area contributed by atoms with Crippen LogP contribution in [0.5, 0.6) is 5.75 Å². The van der Waals surface area contributed by atoms with Gasteiger partial charge in [-0.2, -0.15) is 0 Å².